The van der Waals surface area contributed by atoms with Crippen LogP contribution in [0.1, 0.15) is 18.5 Å². The van der Waals surface area contributed by atoms with E-state index >= 15 is 0 Å². The van der Waals surface area contributed by atoms with Gasteiger partial charge in [-0.05, 0) is 38.6 Å². The van der Waals surface area contributed by atoms with Crippen molar-refractivity contribution < 1.29 is 9.53 Å². The van der Waals surface area contributed by atoms with E-state index in [1.165, 1.54) is 0 Å². The minimum absolute atomic E-state index is 0.00240. The molecule has 20 heavy (non-hydrogen) atoms. The molecule has 5 nitrogen and oxygen atoms in total. The van der Waals surface area contributed by atoms with Gasteiger partial charge in [-0.15, -0.1) is 0 Å². The van der Waals surface area contributed by atoms with Crippen LogP contribution in [-0.2, 0) is 16.1 Å². The van der Waals surface area contributed by atoms with Crippen molar-refractivity contribution in [2.24, 2.45) is 5.92 Å². The molecular formula is C15H23N3O2. The van der Waals surface area contributed by atoms with E-state index in [1.54, 1.807) is 13.3 Å². The molecule has 1 aliphatic heterocycles. The van der Waals surface area contributed by atoms with E-state index in [4.69, 9.17) is 4.74 Å². The van der Waals surface area contributed by atoms with Crippen LogP contribution in [0, 0.1) is 5.92 Å². The second-order valence-corrected chi connectivity index (χ2v) is 5.29. The highest BCUT2D eigenvalue weighted by atomic mass is 16.5. The predicted octanol–water partition coefficient (Wildman–Crippen LogP) is 1.05. The zero-order valence-electron chi connectivity index (χ0n) is 12.2. The smallest absolute Gasteiger partial charge is 0.225 e. The average molecular weight is 277 g/mol. The number of likely N-dealkylation sites (tertiary alicyclic amines) is 1. The Morgan fingerprint density at radius 2 is 2.40 bits per heavy atom. The van der Waals surface area contributed by atoms with Gasteiger partial charge in [0.15, 0.2) is 0 Å². The van der Waals surface area contributed by atoms with E-state index in [1.807, 2.05) is 18.2 Å². The molecule has 2 atom stereocenters. The largest absolute Gasteiger partial charge is 0.383 e. The molecule has 5 heteroatoms. The van der Waals surface area contributed by atoms with Crippen molar-refractivity contribution in [3.05, 3.63) is 30.1 Å². The molecule has 0 radical (unpaired) electrons. The lowest BCUT2D eigenvalue weighted by Gasteiger charge is -2.37. The van der Waals surface area contributed by atoms with Crippen LogP contribution in [-0.4, -0.2) is 49.1 Å². The summed E-state index contributed by atoms with van der Waals surface area (Å²) < 4.78 is 5.26. The highest BCUT2D eigenvalue weighted by molar-refractivity contribution is 5.79. The van der Waals surface area contributed by atoms with Crippen LogP contribution in [0.3, 0.4) is 0 Å². The first-order valence-corrected chi connectivity index (χ1v) is 7.09. The second-order valence-electron chi connectivity index (χ2n) is 5.29. The van der Waals surface area contributed by atoms with Crippen LogP contribution in [0.5, 0.6) is 0 Å². The monoisotopic (exact) mass is 277 g/mol. The normalized spacial score (nSPS) is 23.5. The zero-order chi connectivity index (χ0) is 14.4. The summed E-state index contributed by atoms with van der Waals surface area (Å²) in [6.45, 7) is 2.11. The van der Waals surface area contributed by atoms with Crippen molar-refractivity contribution in [2.75, 3.05) is 27.3 Å². The average Bonchev–Trinajstić information content (AvgIpc) is 2.48. The predicted molar refractivity (Wildman–Crippen MR) is 77.1 cm³/mol. The Labute approximate surface area is 120 Å². The lowest BCUT2D eigenvalue weighted by molar-refractivity contribution is -0.129. The Balaban J connectivity index is 1.92. The van der Waals surface area contributed by atoms with Crippen molar-refractivity contribution >= 4 is 5.91 Å². The first-order chi connectivity index (χ1) is 9.72. The third-order valence-corrected chi connectivity index (χ3v) is 3.90. The molecule has 2 rings (SSSR count). The quantitative estimate of drug-likeness (QED) is 0.874. The molecule has 1 amide bonds. The summed E-state index contributed by atoms with van der Waals surface area (Å²) in [5.41, 5.74) is 0.883. The molecule has 1 N–H and O–H groups in total. The molecule has 1 aromatic heterocycles. The van der Waals surface area contributed by atoms with Gasteiger partial charge in [0, 0.05) is 19.3 Å². The van der Waals surface area contributed by atoms with Crippen LogP contribution in [0.15, 0.2) is 24.4 Å². The van der Waals surface area contributed by atoms with E-state index in [-0.39, 0.29) is 17.9 Å². The van der Waals surface area contributed by atoms with Gasteiger partial charge >= 0.3 is 0 Å². The van der Waals surface area contributed by atoms with Crippen LogP contribution in [0.25, 0.3) is 0 Å². The van der Waals surface area contributed by atoms with Crippen molar-refractivity contribution in [2.45, 2.75) is 25.4 Å². The molecule has 1 fully saturated rings. The Hall–Kier alpha value is -1.46. The fourth-order valence-electron chi connectivity index (χ4n) is 2.76. The summed E-state index contributed by atoms with van der Waals surface area (Å²) >= 11 is 0. The van der Waals surface area contributed by atoms with Crippen LogP contribution >= 0.6 is 0 Å². The van der Waals surface area contributed by atoms with Gasteiger partial charge in [-0.2, -0.15) is 0 Å². The summed E-state index contributed by atoms with van der Waals surface area (Å²) in [4.78, 5) is 18.8. The number of rotatable bonds is 5. The number of ether oxygens (including phenoxy) is 1. The van der Waals surface area contributed by atoms with Gasteiger partial charge in [-0.3, -0.25) is 9.78 Å². The molecular weight excluding hydrogens is 254 g/mol. The molecule has 0 aliphatic carbocycles. The lowest BCUT2D eigenvalue weighted by Crippen LogP contribution is -2.51. The number of likely N-dealkylation sites (N-methyl/N-ethyl adjacent to an activating group) is 1. The third kappa shape index (κ3) is 3.77. The van der Waals surface area contributed by atoms with Crippen LogP contribution < -0.4 is 5.32 Å². The van der Waals surface area contributed by atoms with Crippen LogP contribution in [0.2, 0.25) is 0 Å². The number of nitrogens with zero attached hydrogens (tertiary/aromatic N) is 2. The Morgan fingerprint density at radius 1 is 1.55 bits per heavy atom. The molecule has 0 unspecified atom stereocenters. The van der Waals surface area contributed by atoms with E-state index in [0.29, 0.717) is 13.2 Å². The minimum atomic E-state index is -0.00240. The Bertz CT molecular complexity index is 424. The van der Waals surface area contributed by atoms with Crippen molar-refractivity contribution in [1.29, 1.82) is 0 Å². The fraction of sp³-hybridized carbons (Fsp3) is 0.600. The van der Waals surface area contributed by atoms with Gasteiger partial charge in [0.05, 0.1) is 24.8 Å². The SMILES string of the molecule is COC[C@@H]1[C@H](C(=O)NCc2ccccn2)CCCN1C. The number of hydrogen-bond donors (Lipinski definition) is 1. The number of piperidine rings is 1. The highest BCUT2D eigenvalue weighted by Gasteiger charge is 2.33. The summed E-state index contributed by atoms with van der Waals surface area (Å²) in [5, 5.41) is 2.99. The maximum atomic E-state index is 12.4. The third-order valence-electron chi connectivity index (χ3n) is 3.90. The van der Waals surface area contributed by atoms with Crippen LogP contribution in [0.4, 0.5) is 0 Å². The zero-order valence-corrected chi connectivity index (χ0v) is 12.2. The summed E-state index contributed by atoms with van der Waals surface area (Å²) in [6.07, 6.45) is 3.72. The number of amides is 1. The standard InChI is InChI=1S/C15H23N3O2/c1-18-9-5-7-13(14(18)11-20-2)15(19)17-10-12-6-3-4-8-16-12/h3-4,6,8,13-14H,5,7,9-11H2,1-2H3,(H,17,19)/t13-,14-/m1/s1. The van der Waals surface area contributed by atoms with Crippen molar-refractivity contribution in [3.8, 4) is 0 Å². The topological polar surface area (TPSA) is 54.5 Å². The lowest BCUT2D eigenvalue weighted by atomic mass is 9.89. The molecule has 0 aromatic carbocycles. The molecule has 1 aromatic rings. The second kappa shape index (κ2) is 7.36. The summed E-state index contributed by atoms with van der Waals surface area (Å²) in [5.74, 6) is 0.0988. The number of nitrogens with one attached hydrogen (secondary N) is 1. The van der Waals surface area contributed by atoms with E-state index in [0.717, 1.165) is 25.1 Å². The summed E-state index contributed by atoms with van der Waals surface area (Å²) in [6, 6.07) is 5.88. The Morgan fingerprint density at radius 3 is 3.10 bits per heavy atom. The number of carbonyl (C=O) groups excluding carboxylic acids is 1. The molecule has 0 bridgehead atoms. The van der Waals surface area contributed by atoms with E-state index < -0.39 is 0 Å². The van der Waals surface area contributed by atoms with Gasteiger partial charge in [0.2, 0.25) is 5.91 Å². The van der Waals surface area contributed by atoms with Gasteiger partial charge in [-0.1, -0.05) is 6.07 Å². The van der Waals surface area contributed by atoms with Crippen molar-refractivity contribution in [1.82, 2.24) is 15.2 Å². The maximum absolute atomic E-state index is 12.4. The fourth-order valence-corrected chi connectivity index (χ4v) is 2.76. The maximum Gasteiger partial charge on any atom is 0.225 e. The molecule has 0 spiro atoms. The summed E-state index contributed by atoms with van der Waals surface area (Å²) in [7, 11) is 3.74. The number of methoxy groups -OCH3 is 1. The molecule has 1 aliphatic rings. The number of hydrogen-bond acceptors (Lipinski definition) is 4. The number of aromatic nitrogens is 1. The van der Waals surface area contributed by atoms with E-state index in [9.17, 15) is 4.79 Å². The Kier molecular flexibility index (Phi) is 5.49. The van der Waals surface area contributed by atoms with Crippen molar-refractivity contribution in [3.63, 3.8) is 0 Å². The van der Waals surface area contributed by atoms with Gasteiger partial charge in [0.25, 0.3) is 0 Å². The molecule has 2 heterocycles. The number of carbonyl (C=O) groups is 1. The molecule has 110 valence electrons. The highest BCUT2D eigenvalue weighted by Crippen LogP contribution is 2.23. The van der Waals surface area contributed by atoms with Gasteiger partial charge in [-0.25, -0.2) is 0 Å². The molecule has 0 saturated carbocycles. The molecule has 1 saturated heterocycles. The van der Waals surface area contributed by atoms with Gasteiger partial charge in [0.1, 0.15) is 0 Å². The van der Waals surface area contributed by atoms with Gasteiger partial charge < -0.3 is 15.0 Å². The minimum Gasteiger partial charge on any atom is -0.383 e. The first kappa shape index (κ1) is 14.9. The van der Waals surface area contributed by atoms with E-state index in [2.05, 4.69) is 22.2 Å². The first-order valence-electron chi connectivity index (χ1n) is 7.09. The number of pyridine rings is 1.